The molecule has 0 atom stereocenters. The van der Waals surface area contributed by atoms with Gasteiger partial charge in [0, 0.05) is 23.7 Å². The zero-order valence-electron chi connectivity index (χ0n) is 12.3. The first-order valence-electron chi connectivity index (χ1n) is 6.93. The Morgan fingerprint density at radius 3 is 2.91 bits per heavy atom. The minimum Gasteiger partial charge on any atom is -0.480 e. The number of benzene rings is 1. The summed E-state index contributed by atoms with van der Waals surface area (Å²) in [6, 6.07) is 7.24. The Hall–Kier alpha value is -2.47. The largest absolute Gasteiger partial charge is 0.480 e. The van der Waals surface area contributed by atoms with Crippen LogP contribution in [-0.2, 0) is 0 Å². The van der Waals surface area contributed by atoms with Gasteiger partial charge in [-0.3, -0.25) is 4.79 Å². The van der Waals surface area contributed by atoms with Crippen molar-refractivity contribution in [3.05, 3.63) is 58.5 Å². The number of carbonyl (C=O) groups is 1. The van der Waals surface area contributed by atoms with E-state index in [0.717, 1.165) is 5.56 Å². The van der Waals surface area contributed by atoms with Gasteiger partial charge in [0.1, 0.15) is 10.8 Å². The maximum atomic E-state index is 13.2. The van der Waals surface area contributed by atoms with Crippen LogP contribution in [0.3, 0.4) is 0 Å². The number of pyridine rings is 1. The minimum atomic E-state index is -0.453. The normalized spacial score (nSPS) is 13.9. The summed E-state index contributed by atoms with van der Waals surface area (Å²) in [7, 11) is 1.49. The molecular formula is C16H13ClFN3O2. The monoisotopic (exact) mass is 333 g/mol. The molecule has 2 heterocycles. The quantitative estimate of drug-likeness (QED) is 0.867. The predicted molar refractivity (Wildman–Crippen MR) is 84.4 cm³/mol. The highest BCUT2D eigenvalue weighted by Crippen LogP contribution is 2.24. The Bertz CT molecular complexity index is 795. The van der Waals surface area contributed by atoms with Crippen molar-refractivity contribution in [3.63, 3.8) is 0 Å². The number of ether oxygens (including phenoxy) is 1. The number of rotatable bonds is 3. The lowest BCUT2D eigenvalue weighted by Crippen LogP contribution is -2.23. The Labute approximate surface area is 137 Å². The molecule has 1 aromatic heterocycles. The third kappa shape index (κ3) is 3.17. The van der Waals surface area contributed by atoms with Gasteiger partial charge in [-0.2, -0.15) is 5.10 Å². The van der Waals surface area contributed by atoms with E-state index in [1.807, 2.05) is 0 Å². The number of aromatic nitrogens is 1. The van der Waals surface area contributed by atoms with E-state index < -0.39 is 5.82 Å². The fraction of sp³-hybridized carbons (Fsp3) is 0.188. The lowest BCUT2D eigenvalue weighted by Gasteiger charge is -2.11. The zero-order chi connectivity index (χ0) is 16.4. The second-order valence-electron chi connectivity index (χ2n) is 4.95. The van der Waals surface area contributed by atoms with Crippen molar-refractivity contribution in [1.82, 2.24) is 9.99 Å². The first-order valence-corrected chi connectivity index (χ1v) is 7.31. The molecule has 1 aliphatic heterocycles. The van der Waals surface area contributed by atoms with Gasteiger partial charge in [0.25, 0.3) is 5.91 Å². The number of hydrogen-bond donors (Lipinski definition) is 0. The zero-order valence-corrected chi connectivity index (χ0v) is 13.0. The van der Waals surface area contributed by atoms with Gasteiger partial charge in [0.15, 0.2) is 0 Å². The maximum Gasteiger partial charge on any atom is 0.274 e. The summed E-state index contributed by atoms with van der Waals surface area (Å²) in [6.45, 7) is 0.425. The molecular weight excluding hydrogens is 321 g/mol. The van der Waals surface area contributed by atoms with Crippen LogP contribution in [0.15, 0.2) is 41.6 Å². The van der Waals surface area contributed by atoms with Crippen LogP contribution in [0.1, 0.15) is 22.3 Å². The molecule has 2 aromatic rings. The van der Waals surface area contributed by atoms with Crippen LogP contribution in [0.2, 0.25) is 5.02 Å². The van der Waals surface area contributed by atoms with E-state index >= 15 is 0 Å². The maximum absolute atomic E-state index is 13.2. The van der Waals surface area contributed by atoms with E-state index in [9.17, 15) is 9.18 Å². The third-order valence-electron chi connectivity index (χ3n) is 3.44. The van der Waals surface area contributed by atoms with E-state index in [1.165, 1.54) is 30.3 Å². The lowest BCUT2D eigenvalue weighted by molar-refractivity contribution is 0.0778. The summed E-state index contributed by atoms with van der Waals surface area (Å²) < 4.78 is 18.2. The summed E-state index contributed by atoms with van der Waals surface area (Å²) in [4.78, 5) is 16.4. The molecule has 1 aromatic carbocycles. The highest BCUT2D eigenvalue weighted by molar-refractivity contribution is 6.32. The van der Waals surface area contributed by atoms with Crippen LogP contribution in [0.5, 0.6) is 5.88 Å². The van der Waals surface area contributed by atoms with Gasteiger partial charge in [0.05, 0.1) is 19.4 Å². The molecule has 0 bridgehead atoms. The van der Waals surface area contributed by atoms with E-state index in [0.29, 0.717) is 29.6 Å². The van der Waals surface area contributed by atoms with Crippen molar-refractivity contribution >= 4 is 23.2 Å². The Morgan fingerprint density at radius 2 is 2.22 bits per heavy atom. The number of nitrogens with zero attached hydrogens (tertiary/aromatic N) is 3. The van der Waals surface area contributed by atoms with E-state index in [4.69, 9.17) is 16.3 Å². The molecule has 5 nitrogen and oxygen atoms in total. The molecule has 1 amide bonds. The smallest absolute Gasteiger partial charge is 0.274 e. The molecule has 0 radical (unpaired) electrons. The van der Waals surface area contributed by atoms with Crippen molar-refractivity contribution in [3.8, 4) is 5.88 Å². The molecule has 1 aliphatic rings. The summed E-state index contributed by atoms with van der Waals surface area (Å²) in [5, 5.41) is 6.00. The number of amides is 1. The van der Waals surface area contributed by atoms with Gasteiger partial charge in [-0.05, 0) is 24.3 Å². The molecule has 0 spiro atoms. The molecule has 118 valence electrons. The molecule has 0 unspecified atom stereocenters. The Kier molecular flexibility index (Phi) is 4.25. The first kappa shape index (κ1) is 15.4. The van der Waals surface area contributed by atoms with Gasteiger partial charge in [-0.15, -0.1) is 0 Å². The topological polar surface area (TPSA) is 54.8 Å². The second kappa shape index (κ2) is 6.34. The number of hydrazone groups is 1. The average Bonchev–Trinajstić information content (AvgIpc) is 3.04. The Morgan fingerprint density at radius 1 is 1.39 bits per heavy atom. The van der Waals surface area contributed by atoms with E-state index in [2.05, 4.69) is 10.1 Å². The van der Waals surface area contributed by atoms with Crippen LogP contribution in [0.4, 0.5) is 4.39 Å². The highest BCUT2D eigenvalue weighted by atomic mass is 35.5. The molecule has 23 heavy (non-hydrogen) atoms. The van der Waals surface area contributed by atoms with Gasteiger partial charge < -0.3 is 4.74 Å². The second-order valence-corrected chi connectivity index (χ2v) is 5.36. The van der Waals surface area contributed by atoms with Crippen LogP contribution < -0.4 is 4.74 Å². The van der Waals surface area contributed by atoms with Crippen molar-refractivity contribution < 1.29 is 13.9 Å². The van der Waals surface area contributed by atoms with E-state index in [1.54, 1.807) is 18.3 Å². The molecule has 0 saturated carbocycles. The van der Waals surface area contributed by atoms with Gasteiger partial charge >= 0.3 is 0 Å². The average molecular weight is 334 g/mol. The van der Waals surface area contributed by atoms with Crippen molar-refractivity contribution in [1.29, 1.82) is 0 Å². The molecule has 7 heteroatoms. The lowest BCUT2D eigenvalue weighted by atomic mass is 10.1. The molecule has 3 rings (SSSR count). The summed E-state index contributed by atoms with van der Waals surface area (Å²) >= 11 is 6.06. The molecule has 0 N–H and O–H groups in total. The summed E-state index contributed by atoms with van der Waals surface area (Å²) in [5.74, 6) is -0.459. The fourth-order valence-corrected chi connectivity index (χ4v) is 2.55. The highest BCUT2D eigenvalue weighted by Gasteiger charge is 2.23. The van der Waals surface area contributed by atoms with Crippen molar-refractivity contribution in [2.24, 2.45) is 5.10 Å². The SMILES string of the molecule is COc1ncc(C2=NN(C(=O)c3cccc(F)c3)CC2)cc1Cl. The molecule has 0 saturated heterocycles. The standard InChI is InChI=1S/C16H13ClFN3O2/c1-23-15-13(17)8-11(9-19-15)14-5-6-21(20-14)16(22)10-3-2-4-12(18)7-10/h2-4,7-9H,5-6H2,1H3. The predicted octanol–water partition coefficient (Wildman–Crippen LogP) is 3.13. The first-order chi connectivity index (χ1) is 11.1. The van der Waals surface area contributed by atoms with Gasteiger partial charge in [0.2, 0.25) is 5.88 Å². The van der Waals surface area contributed by atoms with Crippen LogP contribution in [0.25, 0.3) is 0 Å². The Balaban J connectivity index is 1.83. The number of carbonyl (C=O) groups excluding carboxylic acids is 1. The minimum absolute atomic E-state index is 0.265. The van der Waals surface area contributed by atoms with E-state index in [-0.39, 0.29) is 11.5 Å². The summed E-state index contributed by atoms with van der Waals surface area (Å²) in [6.07, 6.45) is 2.17. The molecule has 0 fully saturated rings. The van der Waals surface area contributed by atoms with Crippen LogP contribution in [0, 0.1) is 5.82 Å². The van der Waals surface area contributed by atoms with Crippen molar-refractivity contribution in [2.75, 3.05) is 13.7 Å². The number of methoxy groups -OCH3 is 1. The van der Waals surface area contributed by atoms with Crippen LogP contribution >= 0.6 is 11.6 Å². The number of halogens is 2. The molecule has 0 aliphatic carbocycles. The number of hydrogen-bond acceptors (Lipinski definition) is 4. The van der Waals surface area contributed by atoms with Crippen LogP contribution in [-0.4, -0.2) is 35.3 Å². The van der Waals surface area contributed by atoms with Crippen molar-refractivity contribution in [2.45, 2.75) is 6.42 Å². The third-order valence-corrected chi connectivity index (χ3v) is 3.71. The summed E-state index contributed by atoms with van der Waals surface area (Å²) in [5.41, 5.74) is 1.69. The van der Waals surface area contributed by atoms with Gasteiger partial charge in [-0.1, -0.05) is 17.7 Å². The van der Waals surface area contributed by atoms with Gasteiger partial charge in [-0.25, -0.2) is 14.4 Å². The fourth-order valence-electron chi connectivity index (χ4n) is 2.31.